The molecule has 3 aromatic heterocycles. The molecule has 1 aliphatic heterocycles. The third-order valence-corrected chi connectivity index (χ3v) is 12.2. The van der Waals surface area contributed by atoms with Gasteiger partial charge in [-0.15, -0.1) is 24.8 Å². The molecule has 5 N–H and O–H groups in total. The number of carbonyl (C=O) groups excluding carboxylic acids is 1. The Labute approximate surface area is 274 Å². The fourth-order valence-electron chi connectivity index (χ4n) is 6.35. The second kappa shape index (κ2) is 14.4. The lowest BCUT2D eigenvalue weighted by molar-refractivity contribution is -0.114. The van der Waals surface area contributed by atoms with Gasteiger partial charge in [0.2, 0.25) is 11.9 Å². The number of carbonyl (C=O) groups is 1. The van der Waals surface area contributed by atoms with Crippen molar-refractivity contribution in [1.29, 1.82) is 0 Å². The summed E-state index contributed by atoms with van der Waals surface area (Å²) in [5.41, 5.74) is 8.11. The van der Waals surface area contributed by atoms with Crippen molar-refractivity contribution < 1.29 is 13.2 Å². The van der Waals surface area contributed by atoms with Crippen molar-refractivity contribution >= 4 is 80.1 Å². The number of hydrogen-bond acceptors (Lipinski definition) is 11. The highest BCUT2D eigenvalue weighted by atomic mass is 35.5. The van der Waals surface area contributed by atoms with Gasteiger partial charge in [0.05, 0.1) is 12.0 Å². The predicted molar refractivity (Wildman–Crippen MR) is 178 cm³/mol. The van der Waals surface area contributed by atoms with Crippen LogP contribution in [0.3, 0.4) is 0 Å². The highest BCUT2D eigenvalue weighted by Gasteiger charge is 2.33. The van der Waals surface area contributed by atoms with Gasteiger partial charge in [0.25, 0.3) is 10.0 Å². The smallest absolute Gasteiger partial charge is 0.254 e. The van der Waals surface area contributed by atoms with E-state index < -0.39 is 10.0 Å². The van der Waals surface area contributed by atoms with Crippen LogP contribution in [0, 0.1) is 6.92 Å². The summed E-state index contributed by atoms with van der Waals surface area (Å²) in [5, 5.41) is 10.0. The van der Waals surface area contributed by atoms with Crippen LogP contribution in [0.2, 0.25) is 0 Å². The number of aromatic nitrogens is 5. The molecule has 1 amide bonds. The molecule has 0 unspecified atom stereocenters. The summed E-state index contributed by atoms with van der Waals surface area (Å²) < 4.78 is 30.8. The average molecular weight is 690 g/mol. The quantitative estimate of drug-likeness (QED) is 0.265. The van der Waals surface area contributed by atoms with Crippen LogP contribution in [0.25, 0.3) is 11.2 Å². The van der Waals surface area contributed by atoms with Crippen LogP contribution >= 0.6 is 36.2 Å². The molecule has 244 valence electrons. The van der Waals surface area contributed by atoms with E-state index >= 15 is 0 Å². The Bertz CT molecular complexity index is 1540. The van der Waals surface area contributed by atoms with Crippen LogP contribution in [-0.2, 0) is 14.8 Å². The first-order chi connectivity index (χ1) is 20.2. The Morgan fingerprint density at radius 3 is 2.27 bits per heavy atom. The highest BCUT2D eigenvalue weighted by molar-refractivity contribution is 7.91. The SMILES string of the molecule is CC(=O)Nc1nc(C)c(S(=O)(=O)N2CCC(Nc3nc(N[C@H]4CC[C@H](N)CC4)nc4c3ncn4C3CCCC3)CC2)s1.Cl.Cl. The molecule has 3 fully saturated rings. The van der Waals surface area contributed by atoms with Gasteiger partial charge < -0.3 is 26.3 Å². The maximum Gasteiger partial charge on any atom is 0.254 e. The number of nitrogens with one attached hydrogen (secondary N) is 3. The molecule has 13 nitrogen and oxygen atoms in total. The molecule has 44 heavy (non-hydrogen) atoms. The summed E-state index contributed by atoms with van der Waals surface area (Å²) in [6.07, 6.45) is 11.8. The average Bonchev–Trinajstić information content (AvgIpc) is 3.70. The minimum absolute atomic E-state index is 0. The third kappa shape index (κ3) is 7.39. The number of nitrogens with two attached hydrogens (primary N) is 1. The molecule has 3 aromatic rings. The number of aryl methyl sites for hydroxylation is 1. The van der Waals surface area contributed by atoms with Gasteiger partial charge in [-0.3, -0.25) is 4.79 Å². The molecule has 0 radical (unpaired) electrons. The molecule has 0 bridgehead atoms. The Kier molecular flexibility index (Phi) is 11.3. The van der Waals surface area contributed by atoms with E-state index in [0.717, 1.165) is 61.0 Å². The van der Waals surface area contributed by atoms with Crippen molar-refractivity contribution in [3.8, 4) is 0 Å². The van der Waals surface area contributed by atoms with Crippen LogP contribution in [0.15, 0.2) is 10.5 Å². The molecule has 1 saturated heterocycles. The van der Waals surface area contributed by atoms with Gasteiger partial charge in [0.15, 0.2) is 26.3 Å². The molecule has 3 aliphatic rings. The maximum atomic E-state index is 13.4. The van der Waals surface area contributed by atoms with E-state index in [9.17, 15) is 13.2 Å². The van der Waals surface area contributed by atoms with E-state index in [1.807, 2.05) is 6.33 Å². The number of imidazole rings is 1. The number of anilines is 3. The largest absolute Gasteiger partial charge is 0.365 e. The van der Waals surface area contributed by atoms with Gasteiger partial charge in [-0.1, -0.05) is 24.2 Å². The van der Waals surface area contributed by atoms with Crippen molar-refractivity contribution in [1.82, 2.24) is 28.8 Å². The molecule has 17 heteroatoms. The van der Waals surface area contributed by atoms with E-state index in [2.05, 4.69) is 25.5 Å². The zero-order chi connectivity index (χ0) is 29.4. The van der Waals surface area contributed by atoms with E-state index in [4.69, 9.17) is 20.7 Å². The van der Waals surface area contributed by atoms with E-state index in [1.165, 1.54) is 24.1 Å². The summed E-state index contributed by atoms with van der Waals surface area (Å²) in [6.45, 7) is 3.76. The molecule has 0 aromatic carbocycles. The number of halogens is 2. The van der Waals surface area contributed by atoms with Gasteiger partial charge in [-0.25, -0.2) is 18.4 Å². The molecule has 2 saturated carbocycles. The number of fused-ring (bicyclic) bond motifs is 1. The van der Waals surface area contributed by atoms with Crippen molar-refractivity contribution in [2.24, 2.45) is 5.73 Å². The summed E-state index contributed by atoms with van der Waals surface area (Å²) in [6, 6.07) is 0.978. The normalized spacial score (nSPS) is 21.9. The second-order valence-electron chi connectivity index (χ2n) is 11.8. The van der Waals surface area contributed by atoms with Crippen molar-refractivity contribution in [3.05, 3.63) is 12.0 Å². The van der Waals surface area contributed by atoms with E-state index in [-0.39, 0.29) is 53.1 Å². The fraction of sp³-hybridized carbons (Fsp3) is 0.667. The number of thiazole rings is 1. The zero-order valence-corrected chi connectivity index (χ0v) is 28.3. The Balaban J connectivity index is 0.00000221. The number of piperidine rings is 1. The first-order valence-corrected chi connectivity index (χ1v) is 17.2. The van der Waals surface area contributed by atoms with Gasteiger partial charge >= 0.3 is 0 Å². The zero-order valence-electron chi connectivity index (χ0n) is 25.0. The van der Waals surface area contributed by atoms with Gasteiger partial charge in [-0.2, -0.15) is 14.3 Å². The summed E-state index contributed by atoms with van der Waals surface area (Å²) in [5.74, 6) is 1.000. The first kappa shape index (κ1) is 34.6. The van der Waals surface area contributed by atoms with E-state index in [0.29, 0.717) is 54.6 Å². The topological polar surface area (TPSA) is 173 Å². The van der Waals surface area contributed by atoms with Crippen LogP contribution in [0.4, 0.5) is 16.9 Å². The van der Waals surface area contributed by atoms with Crippen LogP contribution in [-0.4, -0.2) is 74.3 Å². The summed E-state index contributed by atoms with van der Waals surface area (Å²) in [4.78, 5) is 30.2. The minimum Gasteiger partial charge on any atom is -0.365 e. The van der Waals surface area contributed by atoms with Crippen LogP contribution in [0.1, 0.15) is 82.9 Å². The lowest BCUT2D eigenvalue weighted by Crippen LogP contribution is -2.42. The van der Waals surface area contributed by atoms with Crippen molar-refractivity contribution in [2.45, 2.75) is 106 Å². The van der Waals surface area contributed by atoms with Crippen molar-refractivity contribution in [2.75, 3.05) is 29.0 Å². The molecule has 0 atom stereocenters. The number of sulfonamides is 1. The van der Waals surface area contributed by atoms with Crippen LogP contribution < -0.4 is 21.7 Å². The van der Waals surface area contributed by atoms with Crippen molar-refractivity contribution in [3.63, 3.8) is 0 Å². The second-order valence-corrected chi connectivity index (χ2v) is 14.9. The molecule has 0 spiro atoms. The Morgan fingerprint density at radius 1 is 0.955 bits per heavy atom. The predicted octanol–water partition coefficient (Wildman–Crippen LogP) is 4.46. The lowest BCUT2D eigenvalue weighted by Gasteiger charge is -2.31. The Morgan fingerprint density at radius 2 is 1.61 bits per heavy atom. The van der Waals surface area contributed by atoms with Gasteiger partial charge in [0.1, 0.15) is 0 Å². The Hall–Kier alpha value is -2.30. The van der Waals surface area contributed by atoms with Crippen LogP contribution in [0.5, 0.6) is 0 Å². The first-order valence-electron chi connectivity index (χ1n) is 15.0. The number of amides is 1. The third-order valence-electron chi connectivity index (χ3n) is 8.65. The minimum atomic E-state index is -3.72. The summed E-state index contributed by atoms with van der Waals surface area (Å²) >= 11 is 0.992. The van der Waals surface area contributed by atoms with E-state index in [1.54, 1.807) is 6.92 Å². The maximum absolute atomic E-state index is 13.4. The lowest BCUT2D eigenvalue weighted by atomic mass is 9.92. The molecule has 4 heterocycles. The number of rotatable bonds is 8. The molecular weight excluding hydrogens is 647 g/mol. The van der Waals surface area contributed by atoms with Gasteiger partial charge in [-0.05, 0) is 58.3 Å². The number of nitrogens with zero attached hydrogens (tertiary/aromatic N) is 6. The highest BCUT2D eigenvalue weighted by Crippen LogP contribution is 2.35. The molecule has 6 rings (SSSR count). The molecular formula is C27H42Cl2N10O3S2. The summed E-state index contributed by atoms with van der Waals surface area (Å²) in [7, 11) is -3.72. The molecule has 2 aliphatic carbocycles. The fourth-order valence-corrected chi connectivity index (χ4v) is 9.42. The number of hydrogen-bond donors (Lipinski definition) is 4. The standard InChI is InChI=1S/C27H40N10O3S2.2ClH/c1-16-25(41-27(30-16)31-17(2)38)42(39,40)36-13-11-20(12-14-36)32-23-22-24(37(15-29-22)21-5-3-4-6-21)35-26(34-23)33-19-9-7-18(28)8-10-19;;/h15,18-21H,3-14,28H2,1-2H3,(H,30,31,38)(H2,32,33,34,35);2*1H/t18-,19-;;. The monoisotopic (exact) mass is 688 g/mol. The van der Waals surface area contributed by atoms with Gasteiger partial charge in [0, 0.05) is 44.2 Å².